The van der Waals surface area contributed by atoms with Gasteiger partial charge >= 0.3 is 0 Å². The van der Waals surface area contributed by atoms with Crippen molar-refractivity contribution in [1.82, 2.24) is 4.98 Å². The van der Waals surface area contributed by atoms with Crippen molar-refractivity contribution in [3.63, 3.8) is 0 Å². The van der Waals surface area contributed by atoms with Crippen LogP contribution in [0.3, 0.4) is 0 Å². The second-order valence-electron chi connectivity index (χ2n) is 6.29. The third-order valence-corrected chi connectivity index (χ3v) is 6.15. The zero-order valence-electron chi connectivity index (χ0n) is 12.8. The number of aromatic amines is 1. The number of hydrogen-bond acceptors (Lipinski definition) is 1. The first kappa shape index (κ1) is 12.6. The molecule has 4 aromatic carbocycles. The first-order valence-corrected chi connectivity index (χ1v) is 8.95. The molecule has 0 radical (unpaired) electrons. The van der Waals surface area contributed by atoms with Crippen LogP contribution in [0.2, 0.25) is 0 Å². The number of rotatable bonds is 0. The van der Waals surface area contributed by atoms with E-state index in [1.165, 1.54) is 52.8 Å². The molecule has 24 heavy (non-hydrogen) atoms. The van der Waals surface area contributed by atoms with Gasteiger partial charge in [-0.2, -0.15) is 0 Å². The first-order chi connectivity index (χ1) is 11.9. The second-order valence-corrected chi connectivity index (χ2v) is 7.38. The molecular weight excluding hydrogens is 310 g/mol. The van der Waals surface area contributed by atoms with Crippen LogP contribution in [-0.4, -0.2) is 4.98 Å². The van der Waals surface area contributed by atoms with Crippen molar-refractivity contribution in [3.05, 3.63) is 72.8 Å². The molecule has 6 aromatic rings. The van der Waals surface area contributed by atoms with Gasteiger partial charge in [0.15, 0.2) is 0 Å². The Hall–Kier alpha value is -2.84. The Morgan fingerprint density at radius 3 is 2.25 bits per heavy atom. The topological polar surface area (TPSA) is 15.8 Å². The molecule has 0 saturated carbocycles. The van der Waals surface area contributed by atoms with Crippen molar-refractivity contribution < 1.29 is 0 Å². The van der Waals surface area contributed by atoms with E-state index in [4.69, 9.17) is 0 Å². The molecular formula is C22H13NS. The molecule has 0 saturated heterocycles. The van der Waals surface area contributed by atoms with Gasteiger partial charge in [0.25, 0.3) is 0 Å². The monoisotopic (exact) mass is 323 g/mol. The molecule has 0 fully saturated rings. The average molecular weight is 323 g/mol. The Kier molecular flexibility index (Phi) is 2.29. The van der Waals surface area contributed by atoms with Gasteiger partial charge in [-0.25, -0.2) is 0 Å². The largest absolute Gasteiger partial charge is 0.353 e. The van der Waals surface area contributed by atoms with Gasteiger partial charge < -0.3 is 4.98 Å². The molecule has 0 unspecified atom stereocenters. The number of benzene rings is 4. The fourth-order valence-corrected chi connectivity index (χ4v) is 5.04. The number of aromatic nitrogens is 1. The fraction of sp³-hybridized carbons (Fsp3) is 0. The quantitative estimate of drug-likeness (QED) is 0.315. The summed E-state index contributed by atoms with van der Waals surface area (Å²) < 4.78 is 2.70. The third-order valence-electron chi connectivity index (χ3n) is 5.01. The maximum absolute atomic E-state index is 3.75. The highest BCUT2D eigenvalue weighted by molar-refractivity contribution is 7.26. The van der Waals surface area contributed by atoms with E-state index in [1.54, 1.807) is 0 Å². The zero-order valence-corrected chi connectivity index (χ0v) is 13.7. The van der Waals surface area contributed by atoms with Crippen LogP contribution >= 0.6 is 11.3 Å². The molecule has 2 heteroatoms. The molecule has 0 spiro atoms. The van der Waals surface area contributed by atoms with Crippen molar-refractivity contribution in [2.24, 2.45) is 0 Å². The highest BCUT2D eigenvalue weighted by atomic mass is 32.1. The summed E-state index contributed by atoms with van der Waals surface area (Å²) in [7, 11) is 0. The summed E-state index contributed by atoms with van der Waals surface area (Å²) in [5.74, 6) is 0. The molecule has 6 rings (SSSR count). The third kappa shape index (κ3) is 1.49. The molecule has 0 amide bonds. The Balaban J connectivity index is 1.92. The molecule has 112 valence electrons. The van der Waals surface area contributed by atoms with Crippen LogP contribution in [0, 0.1) is 0 Å². The molecule has 2 heterocycles. The minimum Gasteiger partial charge on any atom is -0.353 e. The van der Waals surface area contributed by atoms with Gasteiger partial charge in [0.1, 0.15) is 0 Å². The van der Waals surface area contributed by atoms with Crippen molar-refractivity contribution in [3.8, 4) is 0 Å². The lowest BCUT2D eigenvalue weighted by Crippen LogP contribution is -1.74. The summed E-state index contributed by atoms with van der Waals surface area (Å²) >= 11 is 1.87. The van der Waals surface area contributed by atoms with E-state index >= 15 is 0 Å². The van der Waals surface area contributed by atoms with E-state index in [1.807, 2.05) is 11.3 Å². The lowest BCUT2D eigenvalue weighted by Gasteiger charge is -1.98. The minimum absolute atomic E-state index is 1.24. The van der Waals surface area contributed by atoms with E-state index < -0.39 is 0 Å². The predicted molar refractivity (Wildman–Crippen MR) is 106 cm³/mol. The van der Waals surface area contributed by atoms with Crippen LogP contribution in [0.1, 0.15) is 0 Å². The Bertz CT molecular complexity index is 1400. The Morgan fingerprint density at radius 1 is 0.542 bits per heavy atom. The molecule has 0 aliphatic rings. The van der Waals surface area contributed by atoms with Gasteiger partial charge in [-0.3, -0.25) is 0 Å². The lowest BCUT2D eigenvalue weighted by atomic mass is 10.0. The first-order valence-electron chi connectivity index (χ1n) is 8.13. The number of nitrogens with one attached hydrogen (secondary N) is 1. The van der Waals surface area contributed by atoms with Gasteiger partial charge in [-0.15, -0.1) is 11.3 Å². The summed E-state index contributed by atoms with van der Waals surface area (Å²) in [6, 6.07) is 26.3. The number of thiophene rings is 1. The van der Waals surface area contributed by atoms with Gasteiger partial charge in [0.05, 0.1) is 11.0 Å². The summed E-state index contributed by atoms with van der Waals surface area (Å²) in [4.78, 5) is 3.75. The zero-order chi connectivity index (χ0) is 15.7. The second kappa shape index (κ2) is 4.37. The maximum Gasteiger partial charge on any atom is 0.0559 e. The van der Waals surface area contributed by atoms with Crippen LogP contribution in [-0.2, 0) is 0 Å². The number of fused-ring (bicyclic) bond motifs is 9. The van der Waals surface area contributed by atoms with E-state index in [-0.39, 0.29) is 0 Å². The SMILES string of the molecule is c1ccc2c(c1)ccc1c3ccc4sc5ccccc5c4c3[nH]c21. The summed E-state index contributed by atoms with van der Waals surface area (Å²) in [5.41, 5.74) is 2.50. The van der Waals surface area contributed by atoms with Crippen LogP contribution in [0.25, 0.3) is 52.8 Å². The van der Waals surface area contributed by atoms with Gasteiger partial charge in [-0.1, -0.05) is 60.7 Å². The average Bonchev–Trinajstić information content (AvgIpc) is 3.19. The number of H-pyrrole nitrogens is 1. The van der Waals surface area contributed by atoms with Gasteiger partial charge in [0.2, 0.25) is 0 Å². The Morgan fingerprint density at radius 2 is 1.29 bits per heavy atom. The normalized spacial score (nSPS) is 12.2. The minimum atomic E-state index is 1.24. The van der Waals surface area contributed by atoms with Crippen molar-refractivity contribution in [2.75, 3.05) is 0 Å². The smallest absolute Gasteiger partial charge is 0.0559 e. The van der Waals surface area contributed by atoms with Crippen LogP contribution in [0.5, 0.6) is 0 Å². The lowest BCUT2D eigenvalue weighted by molar-refractivity contribution is 1.59. The van der Waals surface area contributed by atoms with Crippen molar-refractivity contribution in [1.29, 1.82) is 0 Å². The van der Waals surface area contributed by atoms with E-state index in [0.29, 0.717) is 0 Å². The van der Waals surface area contributed by atoms with Crippen molar-refractivity contribution >= 4 is 64.1 Å². The van der Waals surface area contributed by atoms with Crippen molar-refractivity contribution in [2.45, 2.75) is 0 Å². The van der Waals surface area contributed by atoms with Crippen LogP contribution < -0.4 is 0 Å². The standard InChI is InChI=1S/C22H13NS/c1-2-6-14-13(5-1)9-10-15-16-11-12-19-20(22(16)23-21(14)15)17-7-3-4-8-18(17)24-19/h1-12,23H. The van der Waals surface area contributed by atoms with Crippen LogP contribution in [0.4, 0.5) is 0 Å². The van der Waals surface area contributed by atoms with E-state index in [0.717, 1.165) is 0 Å². The molecule has 2 aromatic heterocycles. The molecule has 0 atom stereocenters. The summed E-state index contributed by atoms with van der Waals surface area (Å²) in [6.45, 7) is 0. The van der Waals surface area contributed by atoms with E-state index in [2.05, 4.69) is 77.8 Å². The molecule has 1 N–H and O–H groups in total. The van der Waals surface area contributed by atoms with Gasteiger partial charge in [-0.05, 0) is 17.5 Å². The summed E-state index contributed by atoms with van der Waals surface area (Å²) in [6.07, 6.45) is 0. The van der Waals surface area contributed by atoms with Crippen LogP contribution in [0.15, 0.2) is 72.8 Å². The molecule has 0 bridgehead atoms. The molecule has 0 aliphatic heterocycles. The maximum atomic E-state index is 3.75. The van der Waals surface area contributed by atoms with E-state index in [9.17, 15) is 0 Å². The molecule has 0 aliphatic carbocycles. The Labute approximate surface area is 142 Å². The van der Waals surface area contributed by atoms with Gasteiger partial charge in [0, 0.05) is 36.3 Å². The fourth-order valence-electron chi connectivity index (χ4n) is 3.93. The predicted octanol–water partition coefficient (Wildman–Crippen LogP) is 6.84. The number of hydrogen-bond donors (Lipinski definition) is 1. The molecule has 1 nitrogen and oxygen atoms in total. The highest BCUT2D eigenvalue weighted by Gasteiger charge is 2.13. The summed E-state index contributed by atoms with van der Waals surface area (Å²) in [5, 5.41) is 7.89. The highest BCUT2D eigenvalue weighted by Crippen LogP contribution is 2.41.